The lowest BCUT2D eigenvalue weighted by molar-refractivity contribution is 0.139. The Balaban J connectivity index is 1.71. The van der Waals surface area contributed by atoms with E-state index in [0.717, 1.165) is 33.9 Å². The molecule has 1 aliphatic heterocycles. The van der Waals surface area contributed by atoms with E-state index in [0.29, 0.717) is 18.2 Å². The van der Waals surface area contributed by atoms with Gasteiger partial charge in [-0.3, -0.25) is 4.90 Å². The Kier molecular flexibility index (Phi) is 3.68. The number of aromatic nitrogens is 4. The molecule has 0 aliphatic carbocycles. The highest BCUT2D eigenvalue weighted by molar-refractivity contribution is 9.10. The number of amides is 1. The maximum absolute atomic E-state index is 11.3. The lowest BCUT2D eigenvalue weighted by Crippen LogP contribution is -2.29. The van der Waals surface area contributed by atoms with Gasteiger partial charge >= 0.3 is 6.09 Å². The second-order valence-corrected chi connectivity index (χ2v) is 6.63. The molecule has 3 aromatic rings. The summed E-state index contributed by atoms with van der Waals surface area (Å²) < 4.78 is 0.825. The smallest absolute Gasteiger partial charge is 0.407 e. The third kappa shape index (κ3) is 2.62. The third-order valence-corrected chi connectivity index (χ3v) is 4.60. The van der Waals surface area contributed by atoms with Crippen LogP contribution in [0.1, 0.15) is 24.7 Å². The normalized spacial score (nSPS) is 17.5. The molecule has 4 rings (SSSR count). The Labute approximate surface area is 145 Å². The molecule has 8 heteroatoms. The summed E-state index contributed by atoms with van der Waals surface area (Å²) in [5.41, 5.74) is 2.54. The van der Waals surface area contributed by atoms with E-state index < -0.39 is 6.09 Å². The third-order valence-electron chi connectivity index (χ3n) is 4.19. The van der Waals surface area contributed by atoms with Crippen LogP contribution in [0.2, 0.25) is 0 Å². The maximum Gasteiger partial charge on any atom is 0.407 e. The van der Waals surface area contributed by atoms with Crippen LogP contribution in [0.3, 0.4) is 0 Å². The van der Waals surface area contributed by atoms with Crippen molar-refractivity contribution in [3.63, 3.8) is 0 Å². The predicted molar refractivity (Wildman–Crippen MR) is 91.5 cm³/mol. The summed E-state index contributed by atoms with van der Waals surface area (Å²) >= 11 is 3.32. The van der Waals surface area contributed by atoms with Crippen LogP contribution < -0.4 is 0 Å². The summed E-state index contributed by atoms with van der Waals surface area (Å²) in [5.74, 6) is 1.32. The zero-order valence-electron chi connectivity index (χ0n) is 12.6. The Bertz CT molecular complexity index is 908. The van der Waals surface area contributed by atoms with Crippen LogP contribution in [-0.2, 0) is 0 Å². The molecular formula is C16H14BrN5O2. The van der Waals surface area contributed by atoms with Crippen molar-refractivity contribution >= 4 is 33.1 Å². The minimum atomic E-state index is -0.901. The SMILES string of the molecule is O=C(O)N1CCC[C@H]1c1nc2ccc(-c3ncc(Br)cn3)cc2[nH]1. The molecule has 3 heterocycles. The predicted octanol–water partition coefficient (Wildman–Crippen LogP) is 3.60. The van der Waals surface area contributed by atoms with Gasteiger partial charge < -0.3 is 10.1 Å². The highest BCUT2D eigenvalue weighted by Crippen LogP contribution is 2.32. The summed E-state index contributed by atoms with van der Waals surface area (Å²) in [6.07, 6.45) is 4.14. The molecule has 122 valence electrons. The number of hydrogen-bond donors (Lipinski definition) is 2. The number of hydrogen-bond acceptors (Lipinski definition) is 4. The molecular weight excluding hydrogens is 374 g/mol. The standard InChI is InChI=1S/C16H14BrN5O2/c17-10-7-18-14(19-8-10)9-3-4-11-12(6-9)21-15(20-11)13-2-1-5-22(13)16(23)24/h3-4,6-8,13H,1-2,5H2,(H,20,21)(H,23,24)/t13-/m0/s1. The molecule has 24 heavy (non-hydrogen) atoms. The van der Waals surface area contributed by atoms with E-state index in [1.807, 2.05) is 18.2 Å². The Morgan fingerprint density at radius 2 is 2.12 bits per heavy atom. The molecule has 1 atom stereocenters. The number of H-pyrrole nitrogens is 1. The summed E-state index contributed by atoms with van der Waals surface area (Å²) in [5, 5.41) is 9.30. The second-order valence-electron chi connectivity index (χ2n) is 5.71. The van der Waals surface area contributed by atoms with Crippen molar-refractivity contribution in [3.8, 4) is 11.4 Å². The van der Waals surface area contributed by atoms with Crippen LogP contribution in [0.5, 0.6) is 0 Å². The van der Waals surface area contributed by atoms with Crippen molar-refractivity contribution in [3.05, 3.63) is 40.9 Å². The van der Waals surface area contributed by atoms with Crippen LogP contribution in [0, 0.1) is 0 Å². The van der Waals surface area contributed by atoms with Gasteiger partial charge in [0.05, 0.1) is 21.5 Å². The first-order valence-corrected chi connectivity index (χ1v) is 8.38. The zero-order valence-corrected chi connectivity index (χ0v) is 14.2. The number of carboxylic acid groups (broad SMARTS) is 1. The van der Waals surface area contributed by atoms with Gasteiger partial charge in [-0.1, -0.05) is 0 Å². The van der Waals surface area contributed by atoms with Gasteiger partial charge in [0.1, 0.15) is 5.82 Å². The number of fused-ring (bicyclic) bond motifs is 1. The molecule has 1 saturated heterocycles. The van der Waals surface area contributed by atoms with E-state index in [9.17, 15) is 9.90 Å². The molecule has 0 unspecified atom stereocenters. The summed E-state index contributed by atoms with van der Waals surface area (Å²) in [6.45, 7) is 0.551. The molecule has 1 amide bonds. The van der Waals surface area contributed by atoms with E-state index in [1.54, 1.807) is 12.4 Å². The van der Waals surface area contributed by atoms with Gasteiger partial charge in [0.25, 0.3) is 0 Å². The van der Waals surface area contributed by atoms with Crippen molar-refractivity contribution in [1.29, 1.82) is 0 Å². The molecule has 0 bridgehead atoms. The average molecular weight is 388 g/mol. The number of aromatic amines is 1. The van der Waals surface area contributed by atoms with E-state index >= 15 is 0 Å². The monoisotopic (exact) mass is 387 g/mol. The van der Waals surface area contributed by atoms with Crippen molar-refractivity contribution < 1.29 is 9.90 Å². The number of rotatable bonds is 2. The maximum atomic E-state index is 11.3. The Morgan fingerprint density at radius 3 is 2.88 bits per heavy atom. The van der Waals surface area contributed by atoms with E-state index in [1.165, 1.54) is 4.90 Å². The van der Waals surface area contributed by atoms with Crippen molar-refractivity contribution in [2.45, 2.75) is 18.9 Å². The fourth-order valence-corrected chi connectivity index (χ4v) is 3.27. The van der Waals surface area contributed by atoms with E-state index in [2.05, 4.69) is 35.9 Å². The number of nitrogens with zero attached hydrogens (tertiary/aromatic N) is 4. The van der Waals surface area contributed by atoms with E-state index in [-0.39, 0.29) is 6.04 Å². The fraction of sp³-hybridized carbons (Fsp3) is 0.250. The highest BCUT2D eigenvalue weighted by Gasteiger charge is 2.31. The first-order valence-electron chi connectivity index (χ1n) is 7.59. The fourth-order valence-electron chi connectivity index (χ4n) is 3.07. The Morgan fingerprint density at radius 1 is 1.33 bits per heavy atom. The van der Waals surface area contributed by atoms with Crippen LogP contribution in [-0.4, -0.2) is 42.6 Å². The number of imidazole rings is 1. The molecule has 2 N–H and O–H groups in total. The van der Waals surface area contributed by atoms with Gasteiger partial charge in [-0.05, 0) is 47.0 Å². The summed E-state index contributed by atoms with van der Waals surface area (Å²) in [7, 11) is 0. The van der Waals surface area contributed by atoms with Gasteiger partial charge in [0.2, 0.25) is 0 Å². The van der Waals surface area contributed by atoms with Crippen molar-refractivity contribution in [2.75, 3.05) is 6.54 Å². The van der Waals surface area contributed by atoms with Gasteiger partial charge in [-0.2, -0.15) is 0 Å². The summed E-state index contributed by atoms with van der Waals surface area (Å²) in [4.78, 5) is 29.2. The zero-order chi connectivity index (χ0) is 16.7. The van der Waals surface area contributed by atoms with Crippen LogP contribution >= 0.6 is 15.9 Å². The topological polar surface area (TPSA) is 95.0 Å². The molecule has 0 saturated carbocycles. The largest absolute Gasteiger partial charge is 0.465 e. The Hall–Kier alpha value is -2.48. The molecule has 1 fully saturated rings. The number of halogens is 1. The average Bonchev–Trinajstić information content (AvgIpc) is 3.21. The van der Waals surface area contributed by atoms with Gasteiger partial charge in [-0.25, -0.2) is 19.7 Å². The number of carbonyl (C=O) groups is 1. The van der Waals surface area contributed by atoms with Crippen molar-refractivity contribution in [2.24, 2.45) is 0 Å². The van der Waals surface area contributed by atoms with Gasteiger partial charge in [0.15, 0.2) is 5.82 Å². The minimum Gasteiger partial charge on any atom is -0.465 e. The molecule has 0 spiro atoms. The van der Waals surface area contributed by atoms with E-state index in [4.69, 9.17) is 0 Å². The molecule has 1 aliphatic rings. The molecule has 7 nitrogen and oxygen atoms in total. The number of benzene rings is 1. The lowest BCUT2D eigenvalue weighted by Gasteiger charge is -2.19. The number of likely N-dealkylation sites (tertiary alicyclic amines) is 1. The van der Waals surface area contributed by atoms with Gasteiger partial charge in [0, 0.05) is 24.5 Å². The first-order chi connectivity index (χ1) is 11.6. The van der Waals surface area contributed by atoms with Crippen LogP contribution in [0.25, 0.3) is 22.4 Å². The highest BCUT2D eigenvalue weighted by atomic mass is 79.9. The minimum absolute atomic E-state index is 0.206. The van der Waals surface area contributed by atoms with Crippen LogP contribution in [0.15, 0.2) is 35.1 Å². The summed E-state index contributed by atoms with van der Waals surface area (Å²) in [6, 6.07) is 5.55. The quantitative estimate of drug-likeness (QED) is 0.700. The second kappa shape index (κ2) is 5.86. The van der Waals surface area contributed by atoms with Gasteiger partial charge in [-0.15, -0.1) is 0 Å². The van der Waals surface area contributed by atoms with Crippen LogP contribution in [0.4, 0.5) is 4.79 Å². The molecule has 1 aromatic carbocycles. The number of nitrogens with one attached hydrogen (secondary N) is 1. The molecule has 0 radical (unpaired) electrons. The lowest BCUT2D eigenvalue weighted by atomic mass is 10.2. The van der Waals surface area contributed by atoms with Crippen molar-refractivity contribution in [1.82, 2.24) is 24.8 Å². The molecule has 2 aromatic heterocycles. The first kappa shape index (κ1) is 15.1.